The fourth-order valence-corrected chi connectivity index (χ4v) is 4.61. The summed E-state index contributed by atoms with van der Waals surface area (Å²) in [7, 11) is 0. The van der Waals surface area contributed by atoms with Crippen molar-refractivity contribution in [1.82, 2.24) is 4.90 Å². The molecular formula is C23H17NO3S. The number of hydrogen-bond donors (Lipinski definition) is 0. The Hall–Kier alpha value is -3.18. The number of carbonyl (C=O) groups is 1. The number of rotatable bonds is 3. The van der Waals surface area contributed by atoms with Gasteiger partial charge < -0.3 is 9.32 Å². The van der Waals surface area contributed by atoms with Crippen molar-refractivity contribution in [2.45, 2.75) is 19.5 Å². The van der Waals surface area contributed by atoms with E-state index in [1.54, 1.807) is 34.4 Å². The monoisotopic (exact) mass is 387 g/mol. The Morgan fingerprint density at radius 2 is 1.79 bits per heavy atom. The van der Waals surface area contributed by atoms with Crippen LogP contribution < -0.4 is 5.43 Å². The number of amides is 1. The van der Waals surface area contributed by atoms with Crippen LogP contribution in [-0.4, -0.2) is 10.8 Å². The van der Waals surface area contributed by atoms with Gasteiger partial charge in [-0.1, -0.05) is 48.0 Å². The molecule has 1 aliphatic rings. The van der Waals surface area contributed by atoms with E-state index < -0.39 is 6.04 Å². The van der Waals surface area contributed by atoms with Gasteiger partial charge in [0.15, 0.2) is 5.43 Å². The van der Waals surface area contributed by atoms with Crippen LogP contribution in [0.5, 0.6) is 0 Å². The molecule has 0 spiro atoms. The Balaban J connectivity index is 1.70. The van der Waals surface area contributed by atoms with Crippen molar-refractivity contribution in [2.24, 2.45) is 0 Å². The van der Waals surface area contributed by atoms with Gasteiger partial charge in [0.05, 0.1) is 10.9 Å². The van der Waals surface area contributed by atoms with Crippen molar-refractivity contribution < 1.29 is 9.21 Å². The third-order valence-electron chi connectivity index (χ3n) is 5.16. The van der Waals surface area contributed by atoms with Crippen LogP contribution in [0.1, 0.15) is 38.2 Å². The van der Waals surface area contributed by atoms with Crippen LogP contribution in [0.3, 0.4) is 0 Å². The summed E-state index contributed by atoms with van der Waals surface area (Å²) in [5.74, 6) is -0.0777. The van der Waals surface area contributed by atoms with Gasteiger partial charge in [-0.25, -0.2) is 0 Å². The van der Waals surface area contributed by atoms with Crippen molar-refractivity contribution >= 4 is 28.2 Å². The smallest absolute Gasteiger partial charge is 0.291 e. The minimum atomic E-state index is -0.426. The molecule has 0 saturated heterocycles. The molecule has 0 fully saturated rings. The molecule has 28 heavy (non-hydrogen) atoms. The largest absolute Gasteiger partial charge is 0.450 e. The van der Waals surface area contributed by atoms with Crippen LogP contribution in [0.2, 0.25) is 0 Å². The number of benzene rings is 2. The molecule has 4 nitrogen and oxygen atoms in total. The predicted molar refractivity (Wildman–Crippen MR) is 110 cm³/mol. The van der Waals surface area contributed by atoms with E-state index in [1.165, 1.54) is 0 Å². The average molecular weight is 387 g/mol. The lowest BCUT2D eigenvalue weighted by Crippen LogP contribution is -2.28. The summed E-state index contributed by atoms with van der Waals surface area (Å²) >= 11 is 1.54. The number of fused-ring (bicyclic) bond motifs is 2. The van der Waals surface area contributed by atoms with Gasteiger partial charge in [-0.2, -0.15) is 0 Å². The van der Waals surface area contributed by atoms with Crippen molar-refractivity contribution in [3.8, 4) is 0 Å². The van der Waals surface area contributed by atoms with Gasteiger partial charge in [0.25, 0.3) is 5.91 Å². The Labute approximate surface area is 165 Å². The first-order chi connectivity index (χ1) is 13.6. The number of thiophene rings is 1. The Bertz CT molecular complexity index is 1240. The van der Waals surface area contributed by atoms with Crippen LogP contribution in [0.4, 0.5) is 0 Å². The summed E-state index contributed by atoms with van der Waals surface area (Å²) in [6, 6.07) is 18.7. The molecule has 0 radical (unpaired) electrons. The first-order valence-corrected chi connectivity index (χ1v) is 9.97. The molecule has 0 bridgehead atoms. The van der Waals surface area contributed by atoms with Gasteiger partial charge in [-0.05, 0) is 36.1 Å². The quantitative estimate of drug-likeness (QED) is 0.502. The summed E-state index contributed by atoms with van der Waals surface area (Å²) in [4.78, 5) is 29.2. The summed E-state index contributed by atoms with van der Waals surface area (Å²) in [6.45, 7) is 2.45. The van der Waals surface area contributed by atoms with Crippen molar-refractivity contribution in [3.63, 3.8) is 0 Å². The number of hydrogen-bond acceptors (Lipinski definition) is 4. The Morgan fingerprint density at radius 3 is 2.54 bits per heavy atom. The fourth-order valence-electron chi connectivity index (χ4n) is 3.76. The molecule has 138 valence electrons. The van der Waals surface area contributed by atoms with E-state index in [0.717, 1.165) is 16.0 Å². The molecule has 1 unspecified atom stereocenters. The van der Waals surface area contributed by atoms with Gasteiger partial charge in [0.2, 0.25) is 5.76 Å². The second kappa shape index (κ2) is 6.46. The Morgan fingerprint density at radius 1 is 1.00 bits per heavy atom. The maximum Gasteiger partial charge on any atom is 0.291 e. The minimum Gasteiger partial charge on any atom is -0.450 e. The SMILES string of the molecule is Cc1ccc(CN2C(=O)c3oc4ccccc4c(=O)c3C2c2cccs2)cc1. The first kappa shape index (κ1) is 17.0. The lowest BCUT2D eigenvalue weighted by molar-refractivity contribution is 0.0716. The first-order valence-electron chi connectivity index (χ1n) is 9.09. The van der Waals surface area contributed by atoms with E-state index in [1.807, 2.05) is 54.8 Å². The van der Waals surface area contributed by atoms with E-state index in [9.17, 15) is 9.59 Å². The highest BCUT2D eigenvalue weighted by Crippen LogP contribution is 2.40. The van der Waals surface area contributed by atoms with E-state index in [-0.39, 0.29) is 17.1 Å². The normalized spacial score (nSPS) is 16.0. The van der Waals surface area contributed by atoms with Crippen molar-refractivity contribution in [1.29, 1.82) is 0 Å². The highest BCUT2D eigenvalue weighted by molar-refractivity contribution is 7.10. The van der Waals surface area contributed by atoms with Crippen molar-refractivity contribution in [2.75, 3.05) is 0 Å². The number of carbonyl (C=O) groups excluding carboxylic acids is 1. The molecule has 1 amide bonds. The minimum absolute atomic E-state index is 0.130. The molecule has 4 aromatic rings. The van der Waals surface area contributed by atoms with Gasteiger partial charge in [-0.15, -0.1) is 11.3 Å². The number of nitrogens with zero attached hydrogens (tertiary/aromatic N) is 1. The van der Waals surface area contributed by atoms with Crippen LogP contribution in [-0.2, 0) is 6.54 Å². The zero-order chi connectivity index (χ0) is 19.3. The molecular weight excluding hydrogens is 370 g/mol. The van der Waals surface area contributed by atoms with Crippen LogP contribution in [0.15, 0.2) is 75.3 Å². The molecule has 1 aliphatic heterocycles. The zero-order valence-electron chi connectivity index (χ0n) is 15.2. The summed E-state index contributed by atoms with van der Waals surface area (Å²) in [6.07, 6.45) is 0. The second-order valence-electron chi connectivity index (χ2n) is 7.01. The Kier molecular flexibility index (Phi) is 3.91. The van der Waals surface area contributed by atoms with Gasteiger partial charge in [0.1, 0.15) is 11.6 Å². The molecule has 5 rings (SSSR count). The molecule has 0 N–H and O–H groups in total. The van der Waals surface area contributed by atoms with Crippen molar-refractivity contribution in [3.05, 3.63) is 104 Å². The highest BCUT2D eigenvalue weighted by atomic mass is 32.1. The summed E-state index contributed by atoms with van der Waals surface area (Å²) in [5.41, 5.74) is 2.94. The van der Waals surface area contributed by atoms with E-state index in [4.69, 9.17) is 4.42 Å². The molecule has 3 heterocycles. The van der Waals surface area contributed by atoms with Crippen LogP contribution in [0.25, 0.3) is 11.0 Å². The molecule has 2 aromatic heterocycles. The number of aryl methyl sites for hydroxylation is 1. The lowest BCUT2D eigenvalue weighted by atomic mass is 10.0. The van der Waals surface area contributed by atoms with E-state index in [0.29, 0.717) is 23.1 Å². The van der Waals surface area contributed by atoms with Gasteiger partial charge in [0, 0.05) is 11.4 Å². The van der Waals surface area contributed by atoms with Gasteiger partial charge >= 0.3 is 0 Å². The lowest BCUT2D eigenvalue weighted by Gasteiger charge is -2.24. The molecule has 2 aromatic carbocycles. The topological polar surface area (TPSA) is 50.5 Å². The maximum absolute atomic E-state index is 13.3. The molecule has 0 saturated carbocycles. The van der Waals surface area contributed by atoms with Crippen LogP contribution >= 0.6 is 11.3 Å². The maximum atomic E-state index is 13.3. The highest BCUT2D eigenvalue weighted by Gasteiger charge is 2.43. The third-order valence-corrected chi connectivity index (χ3v) is 6.08. The second-order valence-corrected chi connectivity index (χ2v) is 7.99. The fraction of sp³-hybridized carbons (Fsp3) is 0.130. The van der Waals surface area contributed by atoms with Crippen LogP contribution in [0, 0.1) is 6.92 Å². The molecule has 1 atom stereocenters. The summed E-state index contributed by atoms with van der Waals surface area (Å²) in [5, 5.41) is 2.47. The number of para-hydroxylation sites is 1. The summed E-state index contributed by atoms with van der Waals surface area (Å²) < 4.78 is 5.93. The van der Waals surface area contributed by atoms with E-state index in [2.05, 4.69) is 0 Å². The average Bonchev–Trinajstić information content (AvgIpc) is 3.32. The zero-order valence-corrected chi connectivity index (χ0v) is 16.0. The molecule has 0 aliphatic carbocycles. The predicted octanol–water partition coefficient (Wildman–Crippen LogP) is 4.91. The molecule has 5 heteroatoms. The third kappa shape index (κ3) is 2.59. The standard InChI is InChI=1S/C23H17NO3S/c1-14-8-10-15(11-9-14)13-24-20(18-7-4-12-28-18)19-21(25)16-5-2-3-6-17(16)27-22(19)23(24)26/h2-12,20H,13H2,1H3. The van der Waals surface area contributed by atoms with Gasteiger partial charge in [-0.3, -0.25) is 9.59 Å². The van der Waals surface area contributed by atoms with E-state index >= 15 is 0 Å².